The Morgan fingerprint density at radius 2 is 1.58 bits per heavy atom. The van der Waals surface area contributed by atoms with Crippen molar-refractivity contribution in [3.8, 4) is 0 Å². The molecule has 0 saturated heterocycles. The molecule has 3 aromatic carbocycles. The minimum atomic E-state index is -1.16. The molecule has 3 N–H and O–H groups in total. The van der Waals surface area contributed by atoms with Crippen LogP contribution in [0.2, 0.25) is 0 Å². The van der Waals surface area contributed by atoms with Crippen molar-refractivity contribution in [1.82, 2.24) is 0 Å². The molecule has 0 aliphatic carbocycles. The predicted octanol–water partition coefficient (Wildman–Crippen LogP) is 5.63. The summed E-state index contributed by atoms with van der Waals surface area (Å²) in [5.74, 6) is -1.73. The van der Waals surface area contributed by atoms with Gasteiger partial charge in [0.15, 0.2) is 0 Å². The van der Waals surface area contributed by atoms with Gasteiger partial charge in [0, 0.05) is 16.3 Å². The first-order valence-corrected chi connectivity index (χ1v) is 11.5. The summed E-state index contributed by atoms with van der Waals surface area (Å²) in [6.07, 6.45) is 0.836. The van der Waals surface area contributed by atoms with Crippen LogP contribution < -0.4 is 10.6 Å². The Kier molecular flexibility index (Phi) is 7.90. The maximum Gasteiger partial charge on any atom is 0.336 e. The first kappa shape index (κ1) is 24.1. The molecular formula is C26H26N2O4S. The standard InChI is InChI=1S/C26H26N2O4S/c1-4-18-9-7-8-16(2)23(18)28-24(29)17(3)33-20-14-12-19(13-15-20)27-25(30)21-10-5-6-11-22(21)26(31)32/h5-15,17H,4H2,1-3H3,(H,27,30)(H,28,29)(H,31,32). The van der Waals surface area contributed by atoms with Crippen LogP contribution in [0.15, 0.2) is 71.6 Å². The van der Waals surface area contributed by atoms with E-state index < -0.39 is 11.9 Å². The largest absolute Gasteiger partial charge is 0.478 e. The topological polar surface area (TPSA) is 95.5 Å². The minimum Gasteiger partial charge on any atom is -0.478 e. The Morgan fingerprint density at radius 1 is 0.909 bits per heavy atom. The zero-order valence-electron chi connectivity index (χ0n) is 18.7. The highest BCUT2D eigenvalue weighted by molar-refractivity contribution is 8.00. The van der Waals surface area contributed by atoms with E-state index in [1.165, 1.54) is 23.9 Å². The van der Waals surface area contributed by atoms with Crippen molar-refractivity contribution in [2.75, 3.05) is 10.6 Å². The van der Waals surface area contributed by atoms with E-state index in [0.717, 1.165) is 28.1 Å². The van der Waals surface area contributed by atoms with Gasteiger partial charge in [0.25, 0.3) is 5.91 Å². The second-order valence-electron chi connectivity index (χ2n) is 7.54. The molecule has 0 radical (unpaired) electrons. The molecule has 2 amide bonds. The van der Waals surface area contributed by atoms with Crippen LogP contribution in [-0.2, 0) is 11.2 Å². The molecule has 6 nitrogen and oxygen atoms in total. The quantitative estimate of drug-likeness (QED) is 0.377. The Hall–Kier alpha value is -3.58. The number of carbonyl (C=O) groups excluding carboxylic acids is 2. The van der Waals surface area contributed by atoms with Gasteiger partial charge in [0.05, 0.1) is 16.4 Å². The van der Waals surface area contributed by atoms with Gasteiger partial charge in [-0.15, -0.1) is 11.8 Å². The number of aryl methyl sites for hydroxylation is 2. The van der Waals surface area contributed by atoms with Crippen LogP contribution in [0, 0.1) is 6.92 Å². The molecule has 170 valence electrons. The van der Waals surface area contributed by atoms with Gasteiger partial charge < -0.3 is 15.7 Å². The van der Waals surface area contributed by atoms with E-state index in [1.54, 1.807) is 24.3 Å². The lowest BCUT2D eigenvalue weighted by atomic mass is 10.1. The number of hydrogen-bond acceptors (Lipinski definition) is 4. The number of carboxylic acids is 1. The molecule has 0 aromatic heterocycles. The van der Waals surface area contributed by atoms with Crippen LogP contribution in [0.5, 0.6) is 0 Å². The molecule has 0 aliphatic heterocycles. The molecule has 0 spiro atoms. The Morgan fingerprint density at radius 3 is 2.21 bits per heavy atom. The molecule has 7 heteroatoms. The molecule has 3 rings (SSSR count). The maximum absolute atomic E-state index is 12.8. The van der Waals surface area contributed by atoms with Crippen LogP contribution in [0.3, 0.4) is 0 Å². The van der Waals surface area contributed by atoms with Crippen LogP contribution in [0.25, 0.3) is 0 Å². The fourth-order valence-electron chi connectivity index (χ4n) is 3.37. The zero-order valence-corrected chi connectivity index (χ0v) is 19.5. The normalized spacial score (nSPS) is 11.5. The highest BCUT2D eigenvalue weighted by Crippen LogP contribution is 2.27. The van der Waals surface area contributed by atoms with E-state index in [0.29, 0.717) is 5.69 Å². The molecule has 1 atom stereocenters. The number of nitrogens with one attached hydrogen (secondary N) is 2. The van der Waals surface area contributed by atoms with Crippen molar-refractivity contribution in [2.45, 2.75) is 37.3 Å². The van der Waals surface area contributed by atoms with Gasteiger partial charge in [-0.05, 0) is 67.8 Å². The number of carboxylic acid groups (broad SMARTS) is 1. The van der Waals surface area contributed by atoms with Gasteiger partial charge >= 0.3 is 5.97 Å². The lowest BCUT2D eigenvalue weighted by Gasteiger charge is -2.16. The first-order valence-electron chi connectivity index (χ1n) is 10.6. The van der Waals surface area contributed by atoms with E-state index in [2.05, 4.69) is 17.6 Å². The minimum absolute atomic E-state index is 0.0538. The third-order valence-electron chi connectivity index (χ3n) is 5.18. The third-order valence-corrected chi connectivity index (χ3v) is 6.30. The van der Waals surface area contributed by atoms with Gasteiger partial charge in [0.1, 0.15) is 0 Å². The number of para-hydroxylation sites is 1. The molecule has 0 bridgehead atoms. The van der Waals surface area contributed by atoms with Crippen LogP contribution in [0.1, 0.15) is 45.7 Å². The van der Waals surface area contributed by atoms with Crippen molar-refractivity contribution in [1.29, 1.82) is 0 Å². The van der Waals surface area contributed by atoms with Gasteiger partial charge in [-0.3, -0.25) is 9.59 Å². The molecular weight excluding hydrogens is 436 g/mol. The van der Waals surface area contributed by atoms with E-state index in [-0.39, 0.29) is 22.3 Å². The summed E-state index contributed by atoms with van der Waals surface area (Å²) in [4.78, 5) is 37.5. The monoisotopic (exact) mass is 462 g/mol. The first-order chi connectivity index (χ1) is 15.8. The number of thioether (sulfide) groups is 1. The SMILES string of the molecule is CCc1cccc(C)c1NC(=O)C(C)Sc1ccc(NC(=O)c2ccccc2C(=O)O)cc1. The van der Waals surface area contributed by atoms with Crippen LogP contribution in [0.4, 0.5) is 11.4 Å². The summed E-state index contributed by atoms with van der Waals surface area (Å²) in [7, 11) is 0. The van der Waals surface area contributed by atoms with E-state index in [4.69, 9.17) is 0 Å². The molecule has 0 saturated carbocycles. The molecule has 3 aromatic rings. The molecule has 0 aliphatic rings. The van der Waals surface area contributed by atoms with E-state index in [1.807, 2.05) is 44.2 Å². The highest BCUT2D eigenvalue weighted by Gasteiger charge is 2.18. The van der Waals surface area contributed by atoms with Gasteiger partial charge in [0.2, 0.25) is 5.91 Å². The summed E-state index contributed by atoms with van der Waals surface area (Å²) in [6, 6.07) is 19.1. The van der Waals surface area contributed by atoms with Crippen LogP contribution >= 0.6 is 11.8 Å². The van der Waals surface area contributed by atoms with Gasteiger partial charge in [-0.2, -0.15) is 0 Å². The molecule has 0 heterocycles. The van der Waals surface area contributed by atoms with E-state index >= 15 is 0 Å². The van der Waals surface area contributed by atoms with Crippen molar-refractivity contribution in [2.24, 2.45) is 0 Å². The number of hydrogen-bond donors (Lipinski definition) is 3. The third kappa shape index (κ3) is 6.02. The predicted molar refractivity (Wildman–Crippen MR) is 132 cm³/mol. The number of anilines is 2. The number of amides is 2. The summed E-state index contributed by atoms with van der Waals surface area (Å²) in [5, 5.41) is 14.7. The highest BCUT2D eigenvalue weighted by atomic mass is 32.2. The lowest BCUT2D eigenvalue weighted by molar-refractivity contribution is -0.115. The summed E-state index contributed by atoms with van der Waals surface area (Å²) in [5.41, 5.74) is 3.58. The average Bonchev–Trinajstić information content (AvgIpc) is 2.81. The Balaban J connectivity index is 1.63. The smallest absolute Gasteiger partial charge is 0.336 e. The second-order valence-corrected chi connectivity index (χ2v) is 8.96. The Labute approximate surface area is 197 Å². The summed E-state index contributed by atoms with van der Waals surface area (Å²) < 4.78 is 0. The number of rotatable bonds is 8. The van der Waals surface area contributed by atoms with Crippen molar-refractivity contribution < 1.29 is 19.5 Å². The Bertz CT molecular complexity index is 1180. The maximum atomic E-state index is 12.8. The molecule has 0 fully saturated rings. The summed E-state index contributed by atoms with van der Waals surface area (Å²) >= 11 is 1.42. The lowest BCUT2D eigenvalue weighted by Crippen LogP contribution is -2.23. The van der Waals surface area contributed by atoms with Crippen LogP contribution in [-0.4, -0.2) is 28.1 Å². The summed E-state index contributed by atoms with van der Waals surface area (Å²) in [6.45, 7) is 5.89. The number of aromatic carboxylic acids is 1. The second kappa shape index (κ2) is 10.8. The van der Waals surface area contributed by atoms with Crippen molar-refractivity contribution >= 4 is 40.9 Å². The number of benzene rings is 3. The molecule has 33 heavy (non-hydrogen) atoms. The molecule has 1 unspecified atom stereocenters. The average molecular weight is 463 g/mol. The van der Waals surface area contributed by atoms with Crippen molar-refractivity contribution in [3.05, 3.63) is 89.0 Å². The fraction of sp³-hybridized carbons (Fsp3) is 0.192. The van der Waals surface area contributed by atoms with Gasteiger partial charge in [-0.1, -0.05) is 37.3 Å². The van der Waals surface area contributed by atoms with Crippen molar-refractivity contribution in [3.63, 3.8) is 0 Å². The number of carbonyl (C=O) groups is 3. The fourth-order valence-corrected chi connectivity index (χ4v) is 4.23. The van der Waals surface area contributed by atoms with Gasteiger partial charge in [-0.25, -0.2) is 4.79 Å². The van der Waals surface area contributed by atoms with E-state index in [9.17, 15) is 19.5 Å². The zero-order chi connectivity index (χ0) is 24.0.